The predicted octanol–water partition coefficient (Wildman–Crippen LogP) is 3.02. The molecular weight excluding hydrogens is 550 g/mol. The van der Waals surface area contributed by atoms with Gasteiger partial charge in [-0.3, -0.25) is 4.79 Å². The average Bonchev–Trinajstić information content (AvgIpc) is 3.35. The lowest BCUT2D eigenvalue weighted by Crippen LogP contribution is -2.49. The first kappa shape index (κ1) is 28.8. The number of likely N-dealkylation sites (tertiary alicyclic amines) is 1. The van der Waals surface area contributed by atoms with Crippen molar-refractivity contribution in [1.29, 1.82) is 0 Å². The third-order valence-corrected chi connectivity index (χ3v) is 9.82. The molecule has 4 aliphatic rings. The van der Waals surface area contributed by atoms with E-state index in [0.717, 1.165) is 82.6 Å². The zero-order chi connectivity index (χ0) is 30.1. The summed E-state index contributed by atoms with van der Waals surface area (Å²) in [5, 5.41) is 12.5. The highest BCUT2D eigenvalue weighted by Crippen LogP contribution is 2.42. The first-order valence-electron chi connectivity index (χ1n) is 15.2. The van der Waals surface area contributed by atoms with Gasteiger partial charge in [0.05, 0.1) is 12.2 Å². The number of carboxylic acid groups (broad SMARTS) is 1. The molecule has 6 rings (SSSR count). The quantitative estimate of drug-likeness (QED) is 0.460. The number of amides is 4. The largest absolute Gasteiger partial charge is 0.465 e. The van der Waals surface area contributed by atoms with E-state index in [1.54, 1.807) is 11.1 Å². The van der Waals surface area contributed by atoms with Gasteiger partial charge >= 0.3 is 12.1 Å². The van der Waals surface area contributed by atoms with Gasteiger partial charge in [-0.2, -0.15) is 0 Å². The Hall–Kier alpha value is -4.29. The van der Waals surface area contributed by atoms with Gasteiger partial charge < -0.3 is 40.7 Å². The zero-order valence-electron chi connectivity index (χ0n) is 24.7. The Morgan fingerprint density at radius 3 is 2.30 bits per heavy atom. The van der Waals surface area contributed by atoms with Crippen molar-refractivity contribution >= 4 is 41.0 Å². The Balaban J connectivity index is 1.10. The van der Waals surface area contributed by atoms with Gasteiger partial charge in [0, 0.05) is 70.8 Å². The molecule has 5 heterocycles. The fraction of sp³-hybridized carbons (Fsp3) is 0.567. The van der Waals surface area contributed by atoms with E-state index in [0.29, 0.717) is 31.3 Å². The molecule has 4 N–H and O–H groups in total. The van der Waals surface area contributed by atoms with Crippen molar-refractivity contribution in [2.75, 3.05) is 74.5 Å². The number of urea groups is 1. The molecule has 4 amide bonds. The highest BCUT2D eigenvalue weighted by molar-refractivity contribution is 5.96. The van der Waals surface area contributed by atoms with Crippen molar-refractivity contribution < 1.29 is 19.5 Å². The molecule has 13 heteroatoms. The van der Waals surface area contributed by atoms with E-state index in [9.17, 15) is 19.5 Å². The van der Waals surface area contributed by atoms with E-state index in [1.807, 2.05) is 24.1 Å². The van der Waals surface area contributed by atoms with Gasteiger partial charge in [-0.25, -0.2) is 19.6 Å². The fourth-order valence-corrected chi connectivity index (χ4v) is 7.03. The zero-order valence-corrected chi connectivity index (χ0v) is 24.7. The minimum Gasteiger partial charge on any atom is -0.465 e. The second-order valence-corrected chi connectivity index (χ2v) is 12.4. The van der Waals surface area contributed by atoms with Crippen molar-refractivity contribution in [2.24, 2.45) is 11.1 Å². The minimum atomic E-state index is -0.815. The van der Waals surface area contributed by atoms with E-state index < -0.39 is 12.0 Å². The Morgan fingerprint density at radius 2 is 1.67 bits per heavy atom. The van der Waals surface area contributed by atoms with Crippen LogP contribution in [0.3, 0.4) is 0 Å². The van der Waals surface area contributed by atoms with Gasteiger partial charge in [-0.15, -0.1) is 0 Å². The third kappa shape index (κ3) is 5.98. The van der Waals surface area contributed by atoms with Gasteiger partial charge in [0.25, 0.3) is 5.91 Å². The number of benzene rings is 1. The monoisotopic (exact) mass is 591 g/mol. The summed E-state index contributed by atoms with van der Waals surface area (Å²) < 4.78 is 0. The summed E-state index contributed by atoms with van der Waals surface area (Å²) in [5.74, 6) is 0.298. The highest BCUT2D eigenvalue weighted by Gasteiger charge is 2.39. The maximum Gasteiger partial charge on any atom is 0.407 e. The molecule has 0 bridgehead atoms. The fourth-order valence-electron chi connectivity index (χ4n) is 7.03. The van der Waals surface area contributed by atoms with Crippen LogP contribution in [0, 0.1) is 5.41 Å². The second-order valence-electron chi connectivity index (χ2n) is 12.4. The van der Waals surface area contributed by atoms with Crippen LogP contribution >= 0.6 is 0 Å². The lowest BCUT2D eigenvalue weighted by atomic mass is 9.71. The predicted molar refractivity (Wildman–Crippen MR) is 163 cm³/mol. The summed E-state index contributed by atoms with van der Waals surface area (Å²) in [6.45, 7) is 6.05. The Bertz CT molecular complexity index is 1350. The molecule has 1 aromatic carbocycles. The van der Waals surface area contributed by atoms with E-state index in [2.05, 4.69) is 32.2 Å². The van der Waals surface area contributed by atoms with Crippen LogP contribution in [-0.2, 0) is 0 Å². The molecule has 4 saturated heterocycles. The summed E-state index contributed by atoms with van der Waals surface area (Å²) >= 11 is 0. The maximum atomic E-state index is 12.6. The molecule has 230 valence electrons. The van der Waals surface area contributed by atoms with E-state index >= 15 is 0 Å². The van der Waals surface area contributed by atoms with Crippen LogP contribution in [0.25, 0.3) is 0 Å². The van der Waals surface area contributed by atoms with Crippen molar-refractivity contribution in [3.05, 3.63) is 36.2 Å². The van der Waals surface area contributed by atoms with Gasteiger partial charge in [0.1, 0.15) is 5.82 Å². The van der Waals surface area contributed by atoms with Crippen molar-refractivity contribution in [3.8, 4) is 0 Å². The first-order chi connectivity index (χ1) is 20.7. The molecule has 1 atom stereocenters. The molecule has 0 radical (unpaired) electrons. The number of carbonyl (C=O) groups is 3. The molecular formula is C30H41N9O4. The minimum absolute atomic E-state index is 0.0675. The number of nitrogens with two attached hydrogens (primary N) is 1. The van der Waals surface area contributed by atoms with Gasteiger partial charge in [-0.05, 0) is 68.2 Å². The molecule has 0 aliphatic carbocycles. The molecule has 2 aromatic rings. The summed E-state index contributed by atoms with van der Waals surface area (Å²) in [6, 6.07) is 8.24. The number of nitrogens with one attached hydrogen (secondary N) is 1. The van der Waals surface area contributed by atoms with Crippen LogP contribution < -0.4 is 20.9 Å². The van der Waals surface area contributed by atoms with Crippen LogP contribution in [0.1, 0.15) is 49.0 Å². The van der Waals surface area contributed by atoms with Crippen LogP contribution in [-0.4, -0.2) is 113 Å². The van der Waals surface area contributed by atoms with Crippen molar-refractivity contribution in [2.45, 2.75) is 44.6 Å². The van der Waals surface area contributed by atoms with Crippen LogP contribution in [0.2, 0.25) is 0 Å². The normalized spacial score (nSPS) is 22.3. The molecule has 1 spiro atoms. The number of nitrogens with zero attached hydrogens (tertiary/aromatic N) is 7. The van der Waals surface area contributed by atoms with E-state index in [4.69, 9.17) is 10.7 Å². The molecule has 43 heavy (non-hydrogen) atoms. The Morgan fingerprint density at radius 1 is 0.977 bits per heavy atom. The van der Waals surface area contributed by atoms with Gasteiger partial charge in [0.2, 0.25) is 0 Å². The van der Waals surface area contributed by atoms with E-state index in [1.165, 1.54) is 4.90 Å². The standard InChI is InChI=1S/C30H41N9O4/c1-35-17-18-39(28(35)41)23-3-2-12-38(20-23)24-19-32-25(26(31)40)27(34-24)33-21-4-6-22(7-5-21)36-13-8-30(9-14-36)10-15-37(16-11-30)29(42)43/h4-7,19,23H,2-3,8-18,20H2,1H3,(H2,31,40)(H,33,34)(H,42,43)/t23-/m1/s1. The third-order valence-electron chi connectivity index (χ3n) is 9.82. The maximum absolute atomic E-state index is 12.6. The first-order valence-corrected chi connectivity index (χ1v) is 15.2. The summed E-state index contributed by atoms with van der Waals surface area (Å²) in [5.41, 5.74) is 7.87. The number of likely N-dealkylation sites (N-methyl/N-ethyl adjacent to an activating group) is 1. The summed E-state index contributed by atoms with van der Waals surface area (Å²) in [6.07, 6.45) is 6.64. The number of anilines is 4. The number of piperidine rings is 3. The molecule has 13 nitrogen and oxygen atoms in total. The number of carbonyl (C=O) groups excluding carboxylic acids is 2. The highest BCUT2D eigenvalue weighted by atomic mass is 16.4. The number of aromatic nitrogens is 2. The molecule has 4 fully saturated rings. The molecule has 0 unspecified atom stereocenters. The lowest BCUT2D eigenvalue weighted by Gasteiger charge is -2.46. The Labute approximate surface area is 251 Å². The van der Waals surface area contributed by atoms with Crippen LogP contribution in [0.4, 0.5) is 32.6 Å². The van der Waals surface area contributed by atoms with Gasteiger partial charge in [-0.1, -0.05) is 0 Å². The second kappa shape index (κ2) is 11.8. The van der Waals surface area contributed by atoms with Crippen molar-refractivity contribution in [1.82, 2.24) is 24.7 Å². The summed E-state index contributed by atoms with van der Waals surface area (Å²) in [4.78, 5) is 55.0. The van der Waals surface area contributed by atoms with Crippen LogP contribution in [0.15, 0.2) is 30.5 Å². The van der Waals surface area contributed by atoms with Gasteiger partial charge in [0.15, 0.2) is 11.5 Å². The molecule has 0 saturated carbocycles. The SMILES string of the molecule is CN1CCN([C@@H]2CCCN(c3cnc(C(N)=O)c(Nc4ccc(N5CCC6(CCN(C(=O)O)CC6)CC5)cc4)n3)C2)C1=O. The average molecular weight is 592 g/mol. The number of hydrogen-bond acceptors (Lipinski definition) is 8. The molecule has 4 aliphatic heterocycles. The summed E-state index contributed by atoms with van der Waals surface area (Å²) in [7, 11) is 1.83. The topological polar surface area (TPSA) is 151 Å². The lowest BCUT2D eigenvalue weighted by molar-refractivity contribution is 0.0736. The molecule has 1 aromatic heterocycles. The number of rotatable bonds is 6. The van der Waals surface area contributed by atoms with Crippen molar-refractivity contribution in [3.63, 3.8) is 0 Å². The number of hydrogen-bond donors (Lipinski definition) is 3. The Kier molecular flexibility index (Phi) is 7.89. The smallest absolute Gasteiger partial charge is 0.407 e. The number of primary amides is 1. The van der Waals surface area contributed by atoms with E-state index in [-0.39, 0.29) is 23.2 Å². The van der Waals surface area contributed by atoms with Crippen LogP contribution in [0.5, 0.6) is 0 Å².